The summed E-state index contributed by atoms with van der Waals surface area (Å²) in [5.41, 5.74) is 8.40. The second-order valence-corrected chi connectivity index (χ2v) is 5.45. The molecule has 0 aliphatic carbocycles. The Bertz CT molecular complexity index is 394. The molecule has 1 heterocycles. The Morgan fingerprint density at radius 3 is 2.58 bits per heavy atom. The van der Waals surface area contributed by atoms with E-state index in [1.54, 1.807) is 0 Å². The van der Waals surface area contributed by atoms with Gasteiger partial charge in [-0.05, 0) is 37.4 Å². The first-order valence-electron chi connectivity index (χ1n) is 7.37. The minimum atomic E-state index is 0.403. The third-order valence-electron chi connectivity index (χ3n) is 3.96. The zero-order chi connectivity index (χ0) is 13.7. The molecule has 2 unspecified atom stereocenters. The summed E-state index contributed by atoms with van der Waals surface area (Å²) >= 11 is 0. The van der Waals surface area contributed by atoms with Crippen molar-refractivity contribution < 1.29 is 4.74 Å². The van der Waals surface area contributed by atoms with Crippen LogP contribution in [0.25, 0.3) is 0 Å². The van der Waals surface area contributed by atoms with Crippen LogP contribution in [0.2, 0.25) is 0 Å². The first kappa shape index (κ1) is 14.5. The molecule has 0 amide bonds. The fourth-order valence-electron chi connectivity index (χ4n) is 2.76. The fourth-order valence-corrected chi connectivity index (χ4v) is 2.76. The van der Waals surface area contributed by atoms with Gasteiger partial charge in [0, 0.05) is 19.6 Å². The number of likely N-dealkylation sites (N-methyl/N-ethyl adjacent to an activating group) is 1. The van der Waals surface area contributed by atoms with Crippen molar-refractivity contribution in [2.45, 2.75) is 52.0 Å². The molecule has 0 radical (unpaired) electrons. The molecular weight excluding hydrogens is 236 g/mol. The van der Waals surface area contributed by atoms with Gasteiger partial charge in [0.05, 0.1) is 12.2 Å². The van der Waals surface area contributed by atoms with Crippen LogP contribution in [0.3, 0.4) is 0 Å². The van der Waals surface area contributed by atoms with Crippen molar-refractivity contribution in [1.82, 2.24) is 4.90 Å². The number of nitrogens with two attached hydrogens (primary N) is 1. The van der Waals surface area contributed by atoms with Crippen molar-refractivity contribution in [3.63, 3.8) is 0 Å². The SMILES string of the molecule is CCN(Cc1ccccc1CN)CC1CCC(C)O1. The quantitative estimate of drug-likeness (QED) is 0.856. The van der Waals surface area contributed by atoms with Crippen molar-refractivity contribution in [2.75, 3.05) is 13.1 Å². The molecule has 0 aromatic heterocycles. The minimum Gasteiger partial charge on any atom is -0.374 e. The van der Waals surface area contributed by atoms with E-state index >= 15 is 0 Å². The van der Waals surface area contributed by atoms with Gasteiger partial charge in [-0.15, -0.1) is 0 Å². The largest absolute Gasteiger partial charge is 0.374 e. The van der Waals surface area contributed by atoms with Crippen molar-refractivity contribution in [3.8, 4) is 0 Å². The number of hydrogen-bond acceptors (Lipinski definition) is 3. The summed E-state index contributed by atoms with van der Waals surface area (Å²) in [6.45, 7) is 8.04. The van der Waals surface area contributed by atoms with Gasteiger partial charge in [0.1, 0.15) is 0 Å². The zero-order valence-corrected chi connectivity index (χ0v) is 12.1. The lowest BCUT2D eigenvalue weighted by Gasteiger charge is -2.25. The normalized spacial score (nSPS) is 23.2. The van der Waals surface area contributed by atoms with E-state index in [2.05, 4.69) is 43.0 Å². The summed E-state index contributed by atoms with van der Waals surface area (Å²) in [7, 11) is 0. The van der Waals surface area contributed by atoms with Crippen molar-refractivity contribution >= 4 is 0 Å². The predicted molar refractivity (Wildman–Crippen MR) is 78.9 cm³/mol. The Hall–Kier alpha value is -0.900. The fraction of sp³-hybridized carbons (Fsp3) is 0.625. The lowest BCUT2D eigenvalue weighted by Crippen LogP contribution is -2.32. The molecule has 1 aromatic rings. The first-order chi connectivity index (χ1) is 9.22. The molecule has 0 saturated carbocycles. The topological polar surface area (TPSA) is 38.5 Å². The van der Waals surface area contributed by atoms with Gasteiger partial charge in [-0.2, -0.15) is 0 Å². The maximum absolute atomic E-state index is 5.92. The van der Waals surface area contributed by atoms with E-state index in [0.29, 0.717) is 18.8 Å². The van der Waals surface area contributed by atoms with E-state index in [9.17, 15) is 0 Å². The van der Waals surface area contributed by atoms with Crippen LogP contribution >= 0.6 is 0 Å². The Labute approximate surface area is 116 Å². The molecule has 19 heavy (non-hydrogen) atoms. The number of hydrogen-bond donors (Lipinski definition) is 1. The smallest absolute Gasteiger partial charge is 0.0706 e. The highest BCUT2D eigenvalue weighted by Crippen LogP contribution is 2.21. The van der Waals surface area contributed by atoms with Gasteiger partial charge in [0.2, 0.25) is 0 Å². The van der Waals surface area contributed by atoms with Gasteiger partial charge < -0.3 is 10.5 Å². The summed E-state index contributed by atoms with van der Waals surface area (Å²) in [5.74, 6) is 0. The van der Waals surface area contributed by atoms with E-state index in [1.165, 1.54) is 24.0 Å². The summed E-state index contributed by atoms with van der Waals surface area (Å²) in [5, 5.41) is 0. The van der Waals surface area contributed by atoms with Crippen molar-refractivity contribution in [2.24, 2.45) is 5.73 Å². The maximum Gasteiger partial charge on any atom is 0.0706 e. The Kier molecular flexibility index (Phi) is 5.37. The molecule has 2 atom stereocenters. The molecule has 2 rings (SSSR count). The van der Waals surface area contributed by atoms with Crippen molar-refractivity contribution in [1.29, 1.82) is 0 Å². The monoisotopic (exact) mass is 262 g/mol. The van der Waals surface area contributed by atoms with Crippen molar-refractivity contribution in [3.05, 3.63) is 35.4 Å². The third kappa shape index (κ3) is 4.03. The van der Waals surface area contributed by atoms with Crippen LogP contribution in [0.5, 0.6) is 0 Å². The van der Waals surface area contributed by atoms with Crippen LogP contribution < -0.4 is 5.73 Å². The summed E-state index contributed by atoms with van der Waals surface area (Å²) in [6.07, 6.45) is 3.22. The van der Waals surface area contributed by atoms with Gasteiger partial charge in [-0.1, -0.05) is 31.2 Å². The standard InChI is InChI=1S/C16H26N2O/c1-3-18(12-16-9-8-13(2)19-16)11-15-7-5-4-6-14(15)10-17/h4-7,13,16H,3,8-12,17H2,1-2H3. The molecule has 1 fully saturated rings. The molecule has 1 saturated heterocycles. The van der Waals surface area contributed by atoms with E-state index in [1.807, 2.05) is 0 Å². The molecule has 3 nitrogen and oxygen atoms in total. The van der Waals surface area contributed by atoms with Crippen LogP contribution in [0.1, 0.15) is 37.8 Å². The second-order valence-electron chi connectivity index (χ2n) is 5.45. The van der Waals surface area contributed by atoms with E-state index in [-0.39, 0.29) is 0 Å². The van der Waals surface area contributed by atoms with Gasteiger partial charge >= 0.3 is 0 Å². The average molecular weight is 262 g/mol. The van der Waals surface area contributed by atoms with Gasteiger partial charge in [-0.25, -0.2) is 0 Å². The maximum atomic E-state index is 5.92. The van der Waals surface area contributed by atoms with Gasteiger partial charge in [-0.3, -0.25) is 4.90 Å². The minimum absolute atomic E-state index is 0.403. The highest BCUT2D eigenvalue weighted by atomic mass is 16.5. The second kappa shape index (κ2) is 7.04. The molecule has 3 heteroatoms. The molecule has 1 aromatic carbocycles. The van der Waals surface area contributed by atoms with E-state index in [0.717, 1.165) is 19.6 Å². The predicted octanol–water partition coefficient (Wildman–Crippen LogP) is 2.53. The van der Waals surface area contributed by atoms with E-state index < -0.39 is 0 Å². The summed E-state index contributed by atoms with van der Waals surface area (Å²) in [6, 6.07) is 8.46. The van der Waals surface area contributed by atoms with E-state index in [4.69, 9.17) is 10.5 Å². The average Bonchev–Trinajstić information content (AvgIpc) is 2.84. The van der Waals surface area contributed by atoms with Gasteiger partial charge in [0.15, 0.2) is 0 Å². The van der Waals surface area contributed by atoms with Crippen LogP contribution in [-0.2, 0) is 17.8 Å². The molecule has 0 spiro atoms. The first-order valence-corrected chi connectivity index (χ1v) is 7.37. The van der Waals surface area contributed by atoms with Crippen LogP contribution in [0, 0.1) is 0 Å². The Balaban J connectivity index is 1.94. The Morgan fingerprint density at radius 1 is 1.26 bits per heavy atom. The number of benzene rings is 1. The molecule has 106 valence electrons. The zero-order valence-electron chi connectivity index (χ0n) is 12.1. The van der Waals surface area contributed by atoms with Gasteiger partial charge in [0.25, 0.3) is 0 Å². The number of nitrogens with zero attached hydrogens (tertiary/aromatic N) is 1. The molecule has 1 aliphatic heterocycles. The molecule has 0 bridgehead atoms. The van der Waals surface area contributed by atoms with Crippen LogP contribution in [0.4, 0.5) is 0 Å². The summed E-state index contributed by atoms with van der Waals surface area (Å²) in [4.78, 5) is 2.46. The summed E-state index contributed by atoms with van der Waals surface area (Å²) < 4.78 is 5.92. The third-order valence-corrected chi connectivity index (χ3v) is 3.96. The Morgan fingerprint density at radius 2 is 2.00 bits per heavy atom. The number of ether oxygens (including phenoxy) is 1. The lowest BCUT2D eigenvalue weighted by atomic mass is 10.1. The number of rotatable bonds is 6. The van der Waals surface area contributed by atoms with Crippen LogP contribution in [-0.4, -0.2) is 30.2 Å². The highest BCUT2D eigenvalue weighted by molar-refractivity contribution is 5.26. The van der Waals surface area contributed by atoms with Crippen LogP contribution in [0.15, 0.2) is 24.3 Å². The molecular formula is C16H26N2O. The molecule has 2 N–H and O–H groups in total. The highest BCUT2D eigenvalue weighted by Gasteiger charge is 2.23. The molecule has 1 aliphatic rings. The lowest BCUT2D eigenvalue weighted by molar-refractivity contribution is 0.0308.